The van der Waals surface area contributed by atoms with Crippen molar-refractivity contribution < 1.29 is 9.59 Å². The summed E-state index contributed by atoms with van der Waals surface area (Å²) in [6, 6.07) is 0. The van der Waals surface area contributed by atoms with Gasteiger partial charge < -0.3 is 10.1 Å². The van der Waals surface area contributed by atoms with E-state index in [1.54, 1.807) is 0 Å². The van der Waals surface area contributed by atoms with E-state index in [1.165, 1.54) is 14.0 Å². The van der Waals surface area contributed by atoms with Gasteiger partial charge in [0, 0.05) is 7.05 Å². The molecule has 0 aromatic carbocycles. The van der Waals surface area contributed by atoms with Gasteiger partial charge in [0.2, 0.25) is 0 Å². The SMILES string of the molecule is CNC(=O)[B]C(C)=O. The topological polar surface area (TPSA) is 46.2 Å². The van der Waals surface area contributed by atoms with Crippen LogP contribution in [-0.2, 0) is 4.79 Å². The number of hydrogen-bond acceptors (Lipinski definition) is 2. The molecule has 0 aliphatic heterocycles. The molecule has 0 rings (SSSR count). The molecule has 3 nitrogen and oxygen atoms in total. The summed E-state index contributed by atoms with van der Waals surface area (Å²) >= 11 is 0. The van der Waals surface area contributed by atoms with Crippen molar-refractivity contribution in [2.75, 3.05) is 7.05 Å². The van der Waals surface area contributed by atoms with E-state index in [0.29, 0.717) is 0 Å². The second kappa shape index (κ2) is 3.24. The van der Waals surface area contributed by atoms with Gasteiger partial charge in [-0.25, -0.2) is 0 Å². The Morgan fingerprint density at radius 2 is 2.00 bits per heavy atom. The molecule has 0 aliphatic rings. The average Bonchev–Trinajstić information content (AvgIpc) is 1.65. The van der Waals surface area contributed by atoms with Crippen LogP contribution < -0.4 is 5.32 Å². The molecule has 1 amide bonds. The standard InChI is InChI=1S/C4H7BNO2/c1-3(7)5-4(8)6-2/h1-2H3,(H,6,8). The molecule has 1 N–H and O–H groups in total. The Kier molecular flexibility index (Phi) is 2.92. The Morgan fingerprint density at radius 3 is 2.12 bits per heavy atom. The summed E-state index contributed by atoms with van der Waals surface area (Å²) in [4.78, 5) is 20.3. The van der Waals surface area contributed by atoms with Gasteiger partial charge in [-0.15, -0.1) is 0 Å². The maximum absolute atomic E-state index is 10.2. The molecule has 43 valence electrons. The first-order chi connectivity index (χ1) is 3.66. The molecule has 0 atom stereocenters. The maximum atomic E-state index is 10.2. The molecule has 8 heavy (non-hydrogen) atoms. The van der Waals surface area contributed by atoms with Gasteiger partial charge in [0.05, 0.1) is 5.68 Å². The highest BCUT2D eigenvalue weighted by Crippen LogP contribution is 1.66. The largest absolute Gasteiger partial charge is 0.368 e. The lowest BCUT2D eigenvalue weighted by Crippen LogP contribution is -2.27. The van der Waals surface area contributed by atoms with Gasteiger partial charge in [-0.05, 0) is 6.92 Å². The summed E-state index contributed by atoms with van der Waals surface area (Å²) in [5.74, 6) is -0.350. The predicted molar refractivity (Wildman–Crippen MR) is 30.9 cm³/mol. The van der Waals surface area contributed by atoms with Crippen LogP contribution in [0.4, 0.5) is 4.79 Å². The van der Waals surface area contributed by atoms with Gasteiger partial charge >= 0.3 is 7.28 Å². The van der Waals surface area contributed by atoms with Crippen molar-refractivity contribution in [1.82, 2.24) is 5.32 Å². The number of carbonyl (C=O) groups is 2. The van der Waals surface area contributed by atoms with Crippen LogP contribution in [0.15, 0.2) is 0 Å². The zero-order chi connectivity index (χ0) is 6.57. The number of nitrogens with one attached hydrogen (secondary N) is 1. The van der Waals surface area contributed by atoms with Crippen molar-refractivity contribution in [2.24, 2.45) is 0 Å². The molecule has 0 unspecified atom stereocenters. The van der Waals surface area contributed by atoms with E-state index in [4.69, 9.17) is 0 Å². The highest BCUT2D eigenvalue weighted by Gasteiger charge is 2.03. The van der Waals surface area contributed by atoms with E-state index >= 15 is 0 Å². The fraction of sp³-hybridized carbons (Fsp3) is 0.500. The van der Waals surface area contributed by atoms with E-state index < -0.39 is 0 Å². The maximum Gasteiger partial charge on any atom is 0.319 e. The number of rotatable bonds is 2. The first kappa shape index (κ1) is 7.20. The van der Waals surface area contributed by atoms with Crippen molar-refractivity contribution in [2.45, 2.75) is 6.92 Å². The monoisotopic (exact) mass is 112 g/mol. The van der Waals surface area contributed by atoms with E-state index in [0.717, 1.165) is 7.28 Å². The van der Waals surface area contributed by atoms with Gasteiger partial charge in [0.25, 0.3) is 0 Å². The van der Waals surface area contributed by atoms with Crippen LogP contribution in [0.1, 0.15) is 6.92 Å². The minimum Gasteiger partial charge on any atom is -0.368 e. The number of carbonyl (C=O) groups excluding carboxylic acids is 2. The zero-order valence-electron chi connectivity index (χ0n) is 4.89. The van der Waals surface area contributed by atoms with Crippen LogP contribution >= 0.6 is 0 Å². The highest BCUT2D eigenvalue weighted by molar-refractivity contribution is 6.96. The normalized spacial score (nSPS) is 7.75. The van der Waals surface area contributed by atoms with Gasteiger partial charge in [0.1, 0.15) is 0 Å². The van der Waals surface area contributed by atoms with E-state index in [9.17, 15) is 9.59 Å². The minimum atomic E-state index is -0.350. The molecule has 1 radical (unpaired) electrons. The molecular weight excluding hydrogens is 105 g/mol. The third-order valence-electron chi connectivity index (χ3n) is 0.581. The summed E-state index contributed by atoms with van der Waals surface area (Å²) in [6.45, 7) is 1.33. The fourth-order valence-corrected chi connectivity index (χ4v) is 0.257. The van der Waals surface area contributed by atoms with Crippen LogP contribution in [-0.4, -0.2) is 25.8 Å². The first-order valence-corrected chi connectivity index (χ1v) is 2.24. The molecule has 0 aromatic rings. The van der Waals surface area contributed by atoms with Crippen molar-refractivity contribution in [3.8, 4) is 0 Å². The summed E-state index contributed by atoms with van der Waals surface area (Å²) < 4.78 is 0. The van der Waals surface area contributed by atoms with Crippen LogP contribution in [0, 0.1) is 0 Å². The van der Waals surface area contributed by atoms with E-state index in [-0.39, 0.29) is 11.5 Å². The Morgan fingerprint density at radius 1 is 1.50 bits per heavy atom. The van der Waals surface area contributed by atoms with Crippen LogP contribution in [0.2, 0.25) is 0 Å². The van der Waals surface area contributed by atoms with Crippen molar-refractivity contribution in [3.05, 3.63) is 0 Å². The number of hydrogen-bond donors (Lipinski definition) is 1. The molecule has 4 heteroatoms. The van der Waals surface area contributed by atoms with Crippen LogP contribution in [0.25, 0.3) is 0 Å². The smallest absolute Gasteiger partial charge is 0.319 e. The fourth-order valence-electron chi connectivity index (χ4n) is 0.257. The average molecular weight is 112 g/mol. The molecule has 0 spiro atoms. The molecule has 0 saturated carbocycles. The lowest BCUT2D eigenvalue weighted by atomic mass is 9.73. The quantitative estimate of drug-likeness (QED) is 0.493. The molecule has 0 saturated heterocycles. The Labute approximate surface area is 48.7 Å². The van der Waals surface area contributed by atoms with Crippen LogP contribution in [0.5, 0.6) is 0 Å². The molecule has 0 fully saturated rings. The Hall–Kier alpha value is -0.795. The lowest BCUT2D eigenvalue weighted by molar-refractivity contribution is -0.110. The van der Waals surface area contributed by atoms with Crippen molar-refractivity contribution >= 4 is 18.8 Å². The summed E-state index contributed by atoms with van der Waals surface area (Å²) in [5, 5.41) is 2.28. The molecule has 0 aromatic heterocycles. The van der Waals surface area contributed by atoms with Crippen molar-refractivity contribution in [3.63, 3.8) is 0 Å². The number of amides is 1. The second-order valence-corrected chi connectivity index (χ2v) is 1.37. The third kappa shape index (κ3) is 3.40. The molecule has 0 aliphatic carbocycles. The van der Waals surface area contributed by atoms with Gasteiger partial charge in [0.15, 0.2) is 5.81 Å². The summed E-state index contributed by atoms with van der Waals surface area (Å²) in [6.07, 6.45) is 0. The van der Waals surface area contributed by atoms with E-state index in [1.807, 2.05) is 0 Å². The van der Waals surface area contributed by atoms with Crippen LogP contribution in [0.3, 0.4) is 0 Å². The lowest BCUT2D eigenvalue weighted by Gasteiger charge is -1.89. The second-order valence-electron chi connectivity index (χ2n) is 1.37. The first-order valence-electron chi connectivity index (χ1n) is 2.24. The highest BCUT2D eigenvalue weighted by atomic mass is 16.2. The van der Waals surface area contributed by atoms with E-state index in [2.05, 4.69) is 5.32 Å². The summed E-state index contributed by atoms with van der Waals surface area (Å²) in [5.41, 5.74) is -0.232. The van der Waals surface area contributed by atoms with Crippen molar-refractivity contribution in [1.29, 1.82) is 0 Å². The Balaban J connectivity index is 3.40. The van der Waals surface area contributed by atoms with Gasteiger partial charge in [-0.1, -0.05) is 0 Å². The zero-order valence-corrected chi connectivity index (χ0v) is 4.89. The van der Waals surface area contributed by atoms with Gasteiger partial charge in [-0.2, -0.15) is 0 Å². The molecular formula is C4H7BNO2. The Bertz CT molecular complexity index is 113. The molecule has 0 bridgehead atoms. The predicted octanol–water partition coefficient (Wildman–Crippen LogP) is -0.424. The third-order valence-corrected chi connectivity index (χ3v) is 0.581. The minimum absolute atomic E-state index is 0.232. The van der Waals surface area contributed by atoms with Gasteiger partial charge in [-0.3, -0.25) is 4.79 Å². The summed E-state index contributed by atoms with van der Waals surface area (Å²) in [7, 11) is 2.47. The molecule has 0 heterocycles.